The first-order chi connectivity index (χ1) is 8.16. The van der Waals surface area contributed by atoms with Crippen molar-refractivity contribution < 1.29 is 13.6 Å². The highest BCUT2D eigenvalue weighted by Gasteiger charge is 2.11. The number of nitrogens with zero attached hydrogens (tertiary/aromatic N) is 2. The van der Waals surface area contributed by atoms with Gasteiger partial charge >= 0.3 is 0 Å². The molecular formula is C12H8F2N2O. The highest BCUT2D eigenvalue weighted by Crippen LogP contribution is 2.10. The number of halogens is 2. The van der Waals surface area contributed by atoms with Crippen LogP contribution in [0, 0.1) is 11.6 Å². The summed E-state index contributed by atoms with van der Waals surface area (Å²) in [5.74, 6) is -2.33. The Kier molecular flexibility index (Phi) is 3.18. The van der Waals surface area contributed by atoms with Gasteiger partial charge in [0.1, 0.15) is 0 Å². The van der Waals surface area contributed by atoms with Gasteiger partial charge < -0.3 is 0 Å². The first-order valence-electron chi connectivity index (χ1n) is 4.90. The maximum Gasteiger partial charge on any atom is 0.168 e. The van der Waals surface area contributed by atoms with Gasteiger partial charge in [-0.2, -0.15) is 0 Å². The molecule has 3 nitrogen and oxygen atoms in total. The predicted octanol–water partition coefficient (Wildman–Crippen LogP) is 2.18. The van der Waals surface area contributed by atoms with Crippen LogP contribution in [0.4, 0.5) is 8.78 Å². The van der Waals surface area contributed by atoms with E-state index in [9.17, 15) is 13.6 Å². The van der Waals surface area contributed by atoms with Crippen LogP contribution in [0.1, 0.15) is 16.1 Å². The molecule has 0 bridgehead atoms. The lowest BCUT2D eigenvalue weighted by molar-refractivity contribution is 0.0991. The molecule has 17 heavy (non-hydrogen) atoms. The number of hydrogen-bond acceptors (Lipinski definition) is 3. The summed E-state index contributed by atoms with van der Waals surface area (Å²) in [5, 5.41) is 0. The van der Waals surface area contributed by atoms with Crippen molar-refractivity contribution in [2.45, 2.75) is 6.42 Å². The second-order valence-electron chi connectivity index (χ2n) is 3.43. The summed E-state index contributed by atoms with van der Waals surface area (Å²) in [5.41, 5.74) is 0.608. The van der Waals surface area contributed by atoms with Crippen LogP contribution in [-0.2, 0) is 6.42 Å². The van der Waals surface area contributed by atoms with E-state index >= 15 is 0 Å². The molecule has 0 aliphatic rings. The van der Waals surface area contributed by atoms with E-state index in [0.29, 0.717) is 5.69 Å². The lowest BCUT2D eigenvalue weighted by atomic mass is 10.1. The predicted molar refractivity (Wildman–Crippen MR) is 56.4 cm³/mol. The Hall–Kier alpha value is -2.17. The van der Waals surface area contributed by atoms with E-state index in [1.54, 1.807) is 0 Å². The summed E-state index contributed by atoms with van der Waals surface area (Å²) in [6.45, 7) is 0. The van der Waals surface area contributed by atoms with Crippen molar-refractivity contribution in [2.75, 3.05) is 0 Å². The minimum Gasteiger partial charge on any atom is -0.294 e. The van der Waals surface area contributed by atoms with Gasteiger partial charge in [-0.15, -0.1) is 0 Å². The van der Waals surface area contributed by atoms with E-state index in [2.05, 4.69) is 9.97 Å². The second kappa shape index (κ2) is 4.78. The van der Waals surface area contributed by atoms with Gasteiger partial charge in [-0.25, -0.2) is 8.78 Å². The molecule has 2 aromatic rings. The van der Waals surface area contributed by atoms with Crippen molar-refractivity contribution in [2.24, 2.45) is 0 Å². The number of aromatic nitrogens is 2. The summed E-state index contributed by atoms with van der Waals surface area (Å²) < 4.78 is 25.6. The van der Waals surface area contributed by atoms with Crippen molar-refractivity contribution in [1.29, 1.82) is 0 Å². The van der Waals surface area contributed by atoms with E-state index < -0.39 is 11.6 Å². The molecule has 2 rings (SSSR count). The molecule has 0 spiro atoms. The zero-order chi connectivity index (χ0) is 12.3. The van der Waals surface area contributed by atoms with E-state index in [0.717, 1.165) is 12.1 Å². The Morgan fingerprint density at radius 3 is 2.65 bits per heavy atom. The van der Waals surface area contributed by atoms with E-state index in [1.165, 1.54) is 24.7 Å². The fourth-order valence-electron chi connectivity index (χ4n) is 1.36. The quantitative estimate of drug-likeness (QED) is 0.764. The number of ketones is 1. The molecule has 0 unspecified atom stereocenters. The van der Waals surface area contributed by atoms with Crippen LogP contribution in [0.15, 0.2) is 36.8 Å². The fourth-order valence-corrected chi connectivity index (χ4v) is 1.36. The van der Waals surface area contributed by atoms with Crippen molar-refractivity contribution in [3.8, 4) is 0 Å². The standard InChI is InChI=1S/C12H8F2N2O/c13-10-2-1-8(5-11(10)14)12(17)6-9-7-15-3-4-16-9/h1-5,7H,6H2. The summed E-state index contributed by atoms with van der Waals surface area (Å²) >= 11 is 0. The number of Topliss-reactive ketones (excluding diaryl/α,β-unsaturated/α-hetero) is 1. The summed E-state index contributed by atoms with van der Waals surface area (Å²) in [7, 11) is 0. The van der Waals surface area contributed by atoms with Crippen LogP contribution >= 0.6 is 0 Å². The minimum absolute atomic E-state index is 0.0128. The van der Waals surface area contributed by atoms with Gasteiger partial charge in [0.25, 0.3) is 0 Å². The van der Waals surface area contributed by atoms with Crippen LogP contribution in [0.3, 0.4) is 0 Å². The third-order valence-electron chi connectivity index (χ3n) is 2.20. The highest BCUT2D eigenvalue weighted by molar-refractivity contribution is 5.97. The topological polar surface area (TPSA) is 42.9 Å². The van der Waals surface area contributed by atoms with Crippen molar-refractivity contribution in [3.05, 3.63) is 59.7 Å². The smallest absolute Gasteiger partial charge is 0.168 e. The molecule has 0 saturated heterocycles. The molecular weight excluding hydrogens is 226 g/mol. The second-order valence-corrected chi connectivity index (χ2v) is 3.43. The molecule has 1 heterocycles. The molecule has 0 radical (unpaired) electrons. The van der Waals surface area contributed by atoms with Crippen LogP contribution < -0.4 is 0 Å². The molecule has 5 heteroatoms. The average Bonchev–Trinajstić information content (AvgIpc) is 2.34. The Labute approximate surface area is 96.2 Å². The average molecular weight is 234 g/mol. The summed E-state index contributed by atoms with van der Waals surface area (Å²) in [4.78, 5) is 19.5. The third kappa shape index (κ3) is 2.69. The van der Waals surface area contributed by atoms with Crippen molar-refractivity contribution >= 4 is 5.78 Å². The normalized spacial score (nSPS) is 10.2. The molecule has 0 saturated carbocycles. The molecule has 0 aliphatic heterocycles. The number of carbonyl (C=O) groups is 1. The number of hydrogen-bond donors (Lipinski definition) is 0. The van der Waals surface area contributed by atoms with E-state index in [4.69, 9.17) is 0 Å². The van der Waals surface area contributed by atoms with Gasteiger partial charge in [-0.3, -0.25) is 14.8 Å². The van der Waals surface area contributed by atoms with Gasteiger partial charge in [0.15, 0.2) is 17.4 Å². The SMILES string of the molecule is O=C(Cc1cnccn1)c1ccc(F)c(F)c1. The van der Waals surface area contributed by atoms with Gasteiger partial charge in [0.2, 0.25) is 0 Å². The van der Waals surface area contributed by atoms with Crippen molar-refractivity contribution in [1.82, 2.24) is 9.97 Å². The number of benzene rings is 1. The van der Waals surface area contributed by atoms with Crippen LogP contribution in [0.5, 0.6) is 0 Å². The molecule has 1 aromatic heterocycles. The first-order valence-corrected chi connectivity index (χ1v) is 4.90. The molecule has 86 valence electrons. The number of carbonyl (C=O) groups excluding carboxylic acids is 1. The Bertz CT molecular complexity index is 543. The molecule has 0 aliphatic carbocycles. The maximum absolute atomic E-state index is 12.9. The van der Waals surface area contributed by atoms with Crippen LogP contribution in [-0.4, -0.2) is 15.8 Å². The minimum atomic E-state index is -1.03. The number of rotatable bonds is 3. The maximum atomic E-state index is 12.9. The van der Waals surface area contributed by atoms with Gasteiger partial charge in [0.05, 0.1) is 12.1 Å². The zero-order valence-corrected chi connectivity index (χ0v) is 8.73. The molecule has 0 fully saturated rings. The largest absolute Gasteiger partial charge is 0.294 e. The Morgan fingerprint density at radius 1 is 1.18 bits per heavy atom. The first kappa shape index (κ1) is 11.3. The Morgan fingerprint density at radius 2 is 2.00 bits per heavy atom. The lowest BCUT2D eigenvalue weighted by Crippen LogP contribution is -2.06. The van der Waals surface area contributed by atoms with Crippen LogP contribution in [0.2, 0.25) is 0 Å². The molecule has 0 atom stereocenters. The monoisotopic (exact) mass is 234 g/mol. The fraction of sp³-hybridized carbons (Fsp3) is 0.0833. The Balaban J connectivity index is 2.18. The van der Waals surface area contributed by atoms with E-state index in [1.807, 2.05) is 0 Å². The lowest BCUT2D eigenvalue weighted by Gasteiger charge is -2.01. The summed E-state index contributed by atoms with van der Waals surface area (Å²) in [6.07, 6.45) is 4.43. The van der Waals surface area contributed by atoms with Gasteiger partial charge in [-0.1, -0.05) is 0 Å². The van der Waals surface area contributed by atoms with Crippen molar-refractivity contribution in [3.63, 3.8) is 0 Å². The van der Waals surface area contributed by atoms with Gasteiger partial charge in [0, 0.05) is 24.2 Å². The molecule has 1 aromatic carbocycles. The summed E-state index contributed by atoms with van der Waals surface area (Å²) in [6, 6.07) is 3.06. The molecule has 0 amide bonds. The zero-order valence-electron chi connectivity index (χ0n) is 8.73. The molecule has 0 N–H and O–H groups in total. The van der Waals surface area contributed by atoms with E-state index in [-0.39, 0.29) is 17.8 Å². The van der Waals surface area contributed by atoms with Gasteiger partial charge in [-0.05, 0) is 18.2 Å². The third-order valence-corrected chi connectivity index (χ3v) is 2.20. The highest BCUT2D eigenvalue weighted by atomic mass is 19.2. The van der Waals surface area contributed by atoms with Crippen LogP contribution in [0.25, 0.3) is 0 Å².